The molecule has 2 fully saturated rings. The van der Waals surface area contributed by atoms with Gasteiger partial charge in [0.05, 0.1) is 6.61 Å². The Bertz CT molecular complexity index is 183. The number of hydrogen-bond acceptors (Lipinski definition) is 2. The van der Waals surface area contributed by atoms with Crippen molar-refractivity contribution in [3.05, 3.63) is 0 Å². The maximum absolute atomic E-state index is 11.3. The molecule has 74 valence electrons. The largest absolute Gasteiger partial charge is 0.381 e. The minimum atomic E-state index is 0.255. The molecule has 0 aromatic carbocycles. The second-order valence-corrected chi connectivity index (χ2v) is 4.10. The van der Waals surface area contributed by atoms with Gasteiger partial charge in [0, 0.05) is 19.1 Å². The normalized spacial score (nSPS) is 28.5. The van der Waals surface area contributed by atoms with Crippen molar-refractivity contribution in [2.75, 3.05) is 19.8 Å². The summed E-state index contributed by atoms with van der Waals surface area (Å²) in [5.74, 6) is 1.14. The Kier molecular flexibility index (Phi) is 2.83. The summed E-state index contributed by atoms with van der Waals surface area (Å²) in [6.07, 6.45) is 4.52. The molecule has 0 spiro atoms. The molecule has 0 aromatic rings. The average molecular weight is 183 g/mol. The van der Waals surface area contributed by atoms with Crippen LogP contribution in [0.5, 0.6) is 0 Å². The van der Waals surface area contributed by atoms with Gasteiger partial charge in [0.25, 0.3) is 0 Å². The van der Waals surface area contributed by atoms with Gasteiger partial charge >= 0.3 is 0 Å². The van der Waals surface area contributed by atoms with Gasteiger partial charge in [-0.25, -0.2) is 0 Å². The van der Waals surface area contributed by atoms with E-state index in [2.05, 4.69) is 5.32 Å². The Morgan fingerprint density at radius 1 is 1.38 bits per heavy atom. The average Bonchev–Trinajstić information content (AvgIpc) is 2.99. The Morgan fingerprint density at radius 2 is 2.23 bits per heavy atom. The first-order chi connectivity index (χ1) is 6.36. The van der Waals surface area contributed by atoms with E-state index in [1.165, 1.54) is 6.42 Å². The molecule has 0 aromatic heterocycles. The molecule has 1 atom stereocenters. The first-order valence-electron chi connectivity index (χ1n) is 5.21. The zero-order chi connectivity index (χ0) is 9.10. The highest BCUT2D eigenvalue weighted by Gasteiger charge is 2.29. The van der Waals surface area contributed by atoms with Crippen molar-refractivity contribution in [2.24, 2.45) is 11.8 Å². The highest BCUT2D eigenvalue weighted by molar-refractivity contribution is 5.80. The van der Waals surface area contributed by atoms with E-state index in [4.69, 9.17) is 4.74 Å². The van der Waals surface area contributed by atoms with Crippen molar-refractivity contribution in [1.29, 1.82) is 0 Å². The van der Waals surface area contributed by atoms with Gasteiger partial charge in [-0.3, -0.25) is 4.79 Å². The van der Waals surface area contributed by atoms with E-state index in [9.17, 15) is 4.79 Å². The van der Waals surface area contributed by atoms with Crippen molar-refractivity contribution < 1.29 is 9.53 Å². The molecule has 1 aliphatic heterocycles. The molecule has 0 radical (unpaired) electrons. The summed E-state index contributed by atoms with van der Waals surface area (Å²) in [4.78, 5) is 11.3. The molecule has 13 heavy (non-hydrogen) atoms. The molecular formula is C10H17NO2. The van der Waals surface area contributed by atoms with E-state index in [1.54, 1.807) is 0 Å². The maximum atomic E-state index is 11.3. The van der Waals surface area contributed by atoms with Gasteiger partial charge in [-0.05, 0) is 31.6 Å². The molecule has 3 heteroatoms. The quantitative estimate of drug-likeness (QED) is 0.707. The first kappa shape index (κ1) is 9.00. The monoisotopic (exact) mass is 183 g/mol. The minimum Gasteiger partial charge on any atom is -0.381 e. The van der Waals surface area contributed by atoms with Gasteiger partial charge in [-0.2, -0.15) is 0 Å². The summed E-state index contributed by atoms with van der Waals surface area (Å²) in [6.45, 7) is 2.54. The van der Waals surface area contributed by atoms with Crippen LogP contribution in [0.15, 0.2) is 0 Å². The second kappa shape index (κ2) is 4.09. The van der Waals surface area contributed by atoms with Crippen LogP contribution in [0.4, 0.5) is 0 Å². The highest BCUT2D eigenvalue weighted by atomic mass is 16.5. The van der Waals surface area contributed by atoms with Crippen molar-refractivity contribution in [2.45, 2.75) is 25.7 Å². The Balaban J connectivity index is 1.62. The fourth-order valence-corrected chi connectivity index (χ4v) is 1.70. The molecule has 1 saturated heterocycles. The molecule has 1 N–H and O–H groups in total. The highest BCUT2D eigenvalue weighted by Crippen LogP contribution is 2.28. The lowest BCUT2D eigenvalue weighted by Gasteiger charge is -2.22. The zero-order valence-corrected chi connectivity index (χ0v) is 7.92. The number of nitrogens with one attached hydrogen (secondary N) is 1. The molecule has 2 aliphatic rings. The van der Waals surface area contributed by atoms with Crippen LogP contribution in [0, 0.1) is 11.8 Å². The lowest BCUT2D eigenvalue weighted by Crippen LogP contribution is -2.33. The van der Waals surface area contributed by atoms with E-state index in [-0.39, 0.29) is 5.91 Å². The molecular weight excluding hydrogens is 166 g/mol. The third kappa shape index (κ3) is 2.69. The number of amides is 1. The number of ether oxygens (including phenoxy) is 1. The van der Waals surface area contributed by atoms with Crippen LogP contribution in [-0.2, 0) is 9.53 Å². The number of carbonyl (C=O) groups is 1. The molecule has 1 amide bonds. The van der Waals surface area contributed by atoms with Crippen molar-refractivity contribution in [3.8, 4) is 0 Å². The van der Waals surface area contributed by atoms with Gasteiger partial charge in [0.15, 0.2) is 0 Å². The van der Waals surface area contributed by atoms with Crippen molar-refractivity contribution in [3.63, 3.8) is 0 Å². The van der Waals surface area contributed by atoms with E-state index in [0.29, 0.717) is 11.8 Å². The zero-order valence-electron chi connectivity index (χ0n) is 7.92. The second-order valence-electron chi connectivity index (χ2n) is 4.10. The van der Waals surface area contributed by atoms with Crippen molar-refractivity contribution in [1.82, 2.24) is 5.32 Å². The predicted octanol–water partition coefficient (Wildman–Crippen LogP) is 0.939. The third-order valence-corrected chi connectivity index (χ3v) is 2.77. The lowest BCUT2D eigenvalue weighted by molar-refractivity contribution is -0.122. The molecule has 2 rings (SSSR count). The standard InChI is InChI=1S/C10H17NO2/c12-10(9-3-4-9)11-6-8-2-1-5-13-7-8/h8-9H,1-7H2,(H,11,12). The lowest BCUT2D eigenvalue weighted by atomic mass is 10.0. The van der Waals surface area contributed by atoms with Crippen molar-refractivity contribution >= 4 is 5.91 Å². The fourth-order valence-electron chi connectivity index (χ4n) is 1.70. The minimum absolute atomic E-state index is 0.255. The molecule has 1 heterocycles. The van der Waals surface area contributed by atoms with Gasteiger partial charge < -0.3 is 10.1 Å². The van der Waals surface area contributed by atoms with E-state index in [1.807, 2.05) is 0 Å². The van der Waals surface area contributed by atoms with E-state index < -0.39 is 0 Å². The summed E-state index contributed by atoms with van der Waals surface area (Å²) < 4.78 is 5.34. The summed E-state index contributed by atoms with van der Waals surface area (Å²) in [5.41, 5.74) is 0. The fraction of sp³-hybridized carbons (Fsp3) is 0.900. The van der Waals surface area contributed by atoms with Crippen LogP contribution in [-0.4, -0.2) is 25.7 Å². The number of hydrogen-bond donors (Lipinski definition) is 1. The SMILES string of the molecule is O=C(NCC1CCCOC1)C1CC1. The first-order valence-corrected chi connectivity index (χ1v) is 5.21. The van der Waals surface area contributed by atoms with Gasteiger partial charge in [0.1, 0.15) is 0 Å². The van der Waals surface area contributed by atoms with Crippen LogP contribution in [0.25, 0.3) is 0 Å². The van der Waals surface area contributed by atoms with Gasteiger partial charge in [0.2, 0.25) is 5.91 Å². The van der Waals surface area contributed by atoms with Crippen LogP contribution in [0.1, 0.15) is 25.7 Å². The Morgan fingerprint density at radius 3 is 2.85 bits per heavy atom. The van der Waals surface area contributed by atoms with Crippen LogP contribution in [0.2, 0.25) is 0 Å². The summed E-state index contributed by atoms with van der Waals surface area (Å²) in [6, 6.07) is 0. The van der Waals surface area contributed by atoms with Gasteiger partial charge in [-0.1, -0.05) is 0 Å². The Hall–Kier alpha value is -0.570. The Labute approximate surface area is 78.8 Å². The predicted molar refractivity (Wildman–Crippen MR) is 49.3 cm³/mol. The van der Waals surface area contributed by atoms with E-state index in [0.717, 1.165) is 39.0 Å². The molecule has 1 saturated carbocycles. The third-order valence-electron chi connectivity index (χ3n) is 2.77. The van der Waals surface area contributed by atoms with Crippen LogP contribution < -0.4 is 5.32 Å². The maximum Gasteiger partial charge on any atom is 0.223 e. The van der Waals surface area contributed by atoms with Gasteiger partial charge in [-0.15, -0.1) is 0 Å². The number of carbonyl (C=O) groups excluding carboxylic acids is 1. The van der Waals surface area contributed by atoms with E-state index >= 15 is 0 Å². The molecule has 0 bridgehead atoms. The molecule has 1 unspecified atom stereocenters. The summed E-state index contributed by atoms with van der Waals surface area (Å²) in [7, 11) is 0. The molecule has 3 nitrogen and oxygen atoms in total. The smallest absolute Gasteiger partial charge is 0.223 e. The summed E-state index contributed by atoms with van der Waals surface area (Å²) in [5, 5.41) is 3.00. The summed E-state index contributed by atoms with van der Waals surface area (Å²) >= 11 is 0. The van der Waals surface area contributed by atoms with Crippen LogP contribution >= 0.6 is 0 Å². The van der Waals surface area contributed by atoms with Crippen LogP contribution in [0.3, 0.4) is 0 Å². The molecule has 1 aliphatic carbocycles. The topological polar surface area (TPSA) is 38.3 Å². The number of rotatable bonds is 3.